The maximum absolute atomic E-state index is 13.2. The molecule has 0 spiro atoms. The van der Waals surface area contributed by atoms with Crippen LogP contribution in [0.25, 0.3) is 0 Å². The second-order valence-electron chi connectivity index (χ2n) is 3.69. The molecule has 2 N–H and O–H groups in total. The Morgan fingerprint density at radius 2 is 2.00 bits per heavy atom. The highest BCUT2D eigenvalue weighted by molar-refractivity contribution is 7.12. The van der Waals surface area contributed by atoms with Crippen molar-refractivity contribution in [3.05, 3.63) is 49.9 Å². The van der Waals surface area contributed by atoms with E-state index in [2.05, 4.69) is 5.32 Å². The van der Waals surface area contributed by atoms with Gasteiger partial charge in [0.15, 0.2) is 5.82 Å². The van der Waals surface area contributed by atoms with Gasteiger partial charge in [-0.05, 0) is 29.1 Å². The molecule has 1 aromatic carbocycles. The molecule has 3 nitrogen and oxygen atoms in total. The first-order valence-corrected chi connectivity index (χ1v) is 6.80. The van der Waals surface area contributed by atoms with Crippen LogP contribution in [0.2, 0.25) is 10.0 Å². The number of thiophene rings is 1. The zero-order valence-corrected chi connectivity index (χ0v) is 11.7. The molecule has 0 aliphatic carbocycles. The molecule has 1 aromatic heterocycles. The number of anilines is 1. The third kappa shape index (κ3) is 3.18. The largest absolute Gasteiger partial charge is 0.477 e. The van der Waals surface area contributed by atoms with E-state index in [1.54, 1.807) is 11.4 Å². The molecule has 0 radical (unpaired) electrons. The van der Waals surface area contributed by atoms with Crippen molar-refractivity contribution in [2.75, 3.05) is 5.32 Å². The molecule has 2 rings (SSSR count). The first-order valence-electron chi connectivity index (χ1n) is 5.17. The van der Waals surface area contributed by atoms with Gasteiger partial charge in [0.1, 0.15) is 4.88 Å². The van der Waals surface area contributed by atoms with Gasteiger partial charge in [0.2, 0.25) is 0 Å². The highest BCUT2D eigenvalue weighted by Gasteiger charge is 2.12. The van der Waals surface area contributed by atoms with Crippen molar-refractivity contribution in [1.29, 1.82) is 0 Å². The van der Waals surface area contributed by atoms with Crippen molar-refractivity contribution in [3.63, 3.8) is 0 Å². The van der Waals surface area contributed by atoms with Crippen LogP contribution in [0.15, 0.2) is 23.6 Å². The highest BCUT2D eigenvalue weighted by atomic mass is 35.5. The quantitative estimate of drug-likeness (QED) is 0.815. The van der Waals surface area contributed by atoms with Crippen molar-refractivity contribution in [3.8, 4) is 0 Å². The van der Waals surface area contributed by atoms with Crippen LogP contribution in [0.4, 0.5) is 10.1 Å². The van der Waals surface area contributed by atoms with Crippen molar-refractivity contribution in [1.82, 2.24) is 0 Å². The smallest absolute Gasteiger partial charge is 0.346 e. The lowest BCUT2D eigenvalue weighted by molar-refractivity contribution is 0.0701. The predicted octanol–water partition coefficient (Wildman–Crippen LogP) is 4.50. The minimum atomic E-state index is -0.970. The van der Waals surface area contributed by atoms with Crippen molar-refractivity contribution in [2.24, 2.45) is 0 Å². The Kier molecular flexibility index (Phi) is 4.29. The minimum absolute atomic E-state index is 0.0845. The molecule has 100 valence electrons. The third-order valence-electron chi connectivity index (χ3n) is 2.41. The zero-order valence-electron chi connectivity index (χ0n) is 9.41. The van der Waals surface area contributed by atoms with E-state index in [0.29, 0.717) is 17.8 Å². The normalized spacial score (nSPS) is 10.5. The third-order valence-corrected chi connectivity index (χ3v) is 3.90. The van der Waals surface area contributed by atoms with Crippen molar-refractivity contribution in [2.45, 2.75) is 6.54 Å². The summed E-state index contributed by atoms with van der Waals surface area (Å²) in [4.78, 5) is 11.2. The van der Waals surface area contributed by atoms with Crippen LogP contribution in [-0.4, -0.2) is 11.1 Å². The lowest BCUT2D eigenvalue weighted by atomic mass is 10.2. The number of halogens is 3. The molecule has 7 heteroatoms. The summed E-state index contributed by atoms with van der Waals surface area (Å²) in [6.07, 6.45) is 0. The summed E-state index contributed by atoms with van der Waals surface area (Å²) in [6.45, 7) is 0.295. The van der Waals surface area contributed by atoms with Gasteiger partial charge in [-0.15, -0.1) is 11.3 Å². The summed E-state index contributed by atoms with van der Waals surface area (Å²) >= 11 is 12.5. The van der Waals surface area contributed by atoms with Crippen LogP contribution in [0.1, 0.15) is 15.2 Å². The Labute approximate surface area is 122 Å². The molecule has 1 heterocycles. The van der Waals surface area contributed by atoms with E-state index in [1.165, 1.54) is 12.1 Å². The number of rotatable bonds is 4. The van der Waals surface area contributed by atoms with Crippen LogP contribution in [0, 0.1) is 5.82 Å². The van der Waals surface area contributed by atoms with Gasteiger partial charge < -0.3 is 10.4 Å². The summed E-state index contributed by atoms with van der Waals surface area (Å²) < 4.78 is 13.2. The van der Waals surface area contributed by atoms with Gasteiger partial charge in [0.25, 0.3) is 0 Å². The average molecular weight is 320 g/mol. The number of nitrogens with one attached hydrogen (secondary N) is 1. The fourth-order valence-corrected chi connectivity index (χ4v) is 2.77. The average Bonchev–Trinajstić information content (AvgIpc) is 2.81. The molecule has 19 heavy (non-hydrogen) atoms. The number of carboxylic acid groups (broad SMARTS) is 1. The summed E-state index contributed by atoms with van der Waals surface area (Å²) in [6, 6.07) is 4.51. The molecule has 0 aliphatic heterocycles. The fraction of sp³-hybridized carbons (Fsp3) is 0.0833. The maximum Gasteiger partial charge on any atom is 0.346 e. The molecule has 0 unspecified atom stereocenters. The Morgan fingerprint density at radius 1 is 1.37 bits per heavy atom. The van der Waals surface area contributed by atoms with Gasteiger partial charge in [0, 0.05) is 12.2 Å². The molecule has 0 atom stereocenters. The highest BCUT2D eigenvalue weighted by Crippen LogP contribution is 2.28. The van der Waals surface area contributed by atoms with E-state index in [-0.39, 0.29) is 14.9 Å². The molecule has 0 saturated heterocycles. The molecule has 0 bridgehead atoms. The maximum atomic E-state index is 13.2. The van der Waals surface area contributed by atoms with Crippen LogP contribution >= 0.6 is 34.5 Å². The van der Waals surface area contributed by atoms with Crippen LogP contribution in [-0.2, 0) is 6.54 Å². The monoisotopic (exact) mass is 319 g/mol. The number of hydrogen-bond acceptors (Lipinski definition) is 3. The van der Waals surface area contributed by atoms with Gasteiger partial charge >= 0.3 is 5.97 Å². The molecule has 0 fully saturated rings. The molecular weight excluding hydrogens is 312 g/mol. The predicted molar refractivity (Wildman–Crippen MR) is 75.0 cm³/mol. The van der Waals surface area contributed by atoms with Gasteiger partial charge in [-0.1, -0.05) is 23.2 Å². The molecule has 0 aliphatic rings. The van der Waals surface area contributed by atoms with Crippen LogP contribution in [0.5, 0.6) is 0 Å². The number of aromatic carboxylic acids is 1. The minimum Gasteiger partial charge on any atom is -0.477 e. The first kappa shape index (κ1) is 14.1. The van der Waals surface area contributed by atoms with Gasteiger partial charge in [0.05, 0.1) is 10.0 Å². The summed E-state index contributed by atoms with van der Waals surface area (Å²) in [5.74, 6) is -1.64. The Bertz CT molecular complexity index is 607. The number of hydrogen-bond donors (Lipinski definition) is 2. The van der Waals surface area contributed by atoms with Crippen LogP contribution in [0.3, 0.4) is 0 Å². The zero-order chi connectivity index (χ0) is 14.0. The van der Waals surface area contributed by atoms with Crippen molar-refractivity contribution < 1.29 is 14.3 Å². The lowest BCUT2D eigenvalue weighted by Gasteiger charge is -2.08. The summed E-state index contributed by atoms with van der Waals surface area (Å²) in [7, 11) is 0. The van der Waals surface area contributed by atoms with E-state index in [1.807, 2.05) is 0 Å². The van der Waals surface area contributed by atoms with E-state index in [4.69, 9.17) is 28.3 Å². The van der Waals surface area contributed by atoms with E-state index in [0.717, 1.165) is 11.3 Å². The van der Waals surface area contributed by atoms with Crippen LogP contribution < -0.4 is 5.32 Å². The van der Waals surface area contributed by atoms with E-state index in [9.17, 15) is 9.18 Å². The van der Waals surface area contributed by atoms with E-state index >= 15 is 0 Å². The van der Waals surface area contributed by atoms with Gasteiger partial charge in [-0.25, -0.2) is 9.18 Å². The Hall–Kier alpha value is -1.30. The SMILES string of the molecule is O=C(O)c1sccc1CNc1cc(Cl)c(F)c(Cl)c1. The lowest BCUT2D eigenvalue weighted by Crippen LogP contribution is -2.04. The Balaban J connectivity index is 2.15. The van der Waals surface area contributed by atoms with Gasteiger partial charge in [-0.2, -0.15) is 0 Å². The van der Waals surface area contributed by atoms with E-state index < -0.39 is 11.8 Å². The summed E-state index contributed by atoms with van der Waals surface area (Å²) in [5, 5.41) is 13.5. The molecule has 0 saturated carbocycles. The number of benzene rings is 1. The fourth-order valence-electron chi connectivity index (χ4n) is 1.52. The summed E-state index contributed by atoms with van der Waals surface area (Å²) in [5.41, 5.74) is 1.17. The molecular formula is C12H8Cl2FNO2S. The molecule has 0 amide bonds. The number of carboxylic acids is 1. The van der Waals surface area contributed by atoms with Crippen molar-refractivity contribution >= 4 is 46.2 Å². The molecule has 2 aromatic rings. The first-order chi connectivity index (χ1) is 8.99. The number of carbonyl (C=O) groups is 1. The Morgan fingerprint density at radius 3 is 2.58 bits per heavy atom. The van der Waals surface area contributed by atoms with Gasteiger partial charge in [-0.3, -0.25) is 0 Å². The second-order valence-corrected chi connectivity index (χ2v) is 5.42. The standard InChI is InChI=1S/C12H8Cl2FNO2S/c13-8-3-7(4-9(14)10(8)15)16-5-6-1-2-19-11(6)12(17)18/h1-4,16H,5H2,(H,17,18). The topological polar surface area (TPSA) is 49.3 Å². The second kappa shape index (κ2) is 5.77.